The van der Waals surface area contributed by atoms with Gasteiger partial charge in [0.15, 0.2) is 0 Å². The average molecular weight is 266 g/mol. The topological polar surface area (TPSA) is 29.1 Å². The fourth-order valence-corrected chi connectivity index (χ4v) is 2.35. The molecule has 1 aliphatic carbocycles. The Morgan fingerprint density at radius 1 is 1.39 bits per heavy atom. The van der Waals surface area contributed by atoms with E-state index in [4.69, 9.17) is 11.6 Å². The summed E-state index contributed by atoms with van der Waals surface area (Å²) in [4.78, 5) is 12.2. The average Bonchev–Trinajstić information content (AvgIpc) is 3.20. The lowest BCUT2D eigenvalue weighted by Gasteiger charge is -2.24. The number of carbonyl (C=O) groups excluding carboxylic acids is 1. The van der Waals surface area contributed by atoms with Crippen molar-refractivity contribution in [3.8, 4) is 0 Å². The van der Waals surface area contributed by atoms with Crippen LogP contribution in [0.5, 0.6) is 0 Å². The summed E-state index contributed by atoms with van der Waals surface area (Å²) in [7, 11) is 0. The van der Waals surface area contributed by atoms with Crippen molar-refractivity contribution in [2.75, 3.05) is 6.54 Å². The molecule has 1 aliphatic rings. The second kappa shape index (κ2) is 5.31. The highest BCUT2D eigenvalue weighted by molar-refractivity contribution is 6.21. The Balaban J connectivity index is 1.94. The van der Waals surface area contributed by atoms with Crippen molar-refractivity contribution in [3.63, 3.8) is 0 Å². The van der Waals surface area contributed by atoms with Crippen LogP contribution in [0.4, 0.5) is 0 Å². The molecule has 18 heavy (non-hydrogen) atoms. The Kier molecular flexibility index (Phi) is 3.96. The van der Waals surface area contributed by atoms with Crippen LogP contribution in [0.15, 0.2) is 30.3 Å². The second-order valence-electron chi connectivity index (χ2n) is 5.55. The van der Waals surface area contributed by atoms with E-state index in [1.54, 1.807) is 0 Å². The van der Waals surface area contributed by atoms with E-state index in [1.807, 2.05) is 44.2 Å². The van der Waals surface area contributed by atoms with Crippen LogP contribution in [-0.4, -0.2) is 17.8 Å². The molecule has 0 bridgehead atoms. The lowest BCUT2D eigenvalue weighted by atomic mass is 9.84. The van der Waals surface area contributed by atoms with Gasteiger partial charge in [-0.2, -0.15) is 0 Å². The number of rotatable bonds is 5. The van der Waals surface area contributed by atoms with Gasteiger partial charge in [0.05, 0.1) is 10.8 Å². The third-order valence-electron chi connectivity index (χ3n) is 3.65. The van der Waals surface area contributed by atoms with Gasteiger partial charge >= 0.3 is 0 Å². The number of alkyl halides is 1. The van der Waals surface area contributed by atoms with Gasteiger partial charge < -0.3 is 5.32 Å². The maximum Gasteiger partial charge on any atom is 0.230 e. The molecule has 2 rings (SSSR count). The third-order valence-corrected chi connectivity index (χ3v) is 4.16. The highest BCUT2D eigenvalue weighted by atomic mass is 35.5. The number of benzene rings is 1. The summed E-state index contributed by atoms with van der Waals surface area (Å²) in [5.41, 5.74) is 0.515. The molecule has 2 nitrogen and oxygen atoms in total. The van der Waals surface area contributed by atoms with Crippen LogP contribution in [0.25, 0.3) is 0 Å². The molecule has 1 N–H and O–H groups in total. The molecule has 3 heteroatoms. The monoisotopic (exact) mass is 265 g/mol. The number of amides is 1. The summed E-state index contributed by atoms with van der Waals surface area (Å²) in [6.45, 7) is 4.46. The summed E-state index contributed by atoms with van der Waals surface area (Å²) >= 11 is 6.20. The van der Waals surface area contributed by atoms with Crippen molar-refractivity contribution in [2.45, 2.75) is 37.5 Å². The van der Waals surface area contributed by atoms with Gasteiger partial charge in [0.1, 0.15) is 0 Å². The van der Waals surface area contributed by atoms with Gasteiger partial charge in [0.2, 0.25) is 5.91 Å². The standard InChI is InChI=1S/C15H20ClNO/c1-15(2,12-6-4-3-5-7-12)14(18)17-10-13(16)11-8-9-11/h3-7,11,13H,8-10H2,1-2H3,(H,17,18). The minimum Gasteiger partial charge on any atom is -0.354 e. The lowest BCUT2D eigenvalue weighted by Crippen LogP contribution is -2.42. The molecule has 1 amide bonds. The van der Waals surface area contributed by atoms with Crippen LogP contribution >= 0.6 is 11.6 Å². The highest BCUT2D eigenvalue weighted by Crippen LogP contribution is 2.35. The number of hydrogen-bond acceptors (Lipinski definition) is 1. The second-order valence-corrected chi connectivity index (χ2v) is 6.12. The molecule has 1 aromatic rings. The van der Waals surface area contributed by atoms with E-state index in [1.165, 1.54) is 12.8 Å². The van der Waals surface area contributed by atoms with Gasteiger partial charge in [-0.05, 0) is 38.2 Å². The molecule has 1 aromatic carbocycles. The molecule has 1 unspecified atom stereocenters. The summed E-state index contributed by atoms with van der Waals surface area (Å²) in [5, 5.41) is 3.06. The van der Waals surface area contributed by atoms with Gasteiger partial charge in [-0.25, -0.2) is 0 Å². The van der Waals surface area contributed by atoms with Crippen LogP contribution in [0.1, 0.15) is 32.3 Å². The van der Waals surface area contributed by atoms with Crippen molar-refractivity contribution >= 4 is 17.5 Å². The van der Waals surface area contributed by atoms with Crippen molar-refractivity contribution in [2.24, 2.45) is 5.92 Å². The largest absolute Gasteiger partial charge is 0.354 e. The molecule has 0 aromatic heterocycles. The molecule has 1 atom stereocenters. The van der Waals surface area contributed by atoms with E-state index in [2.05, 4.69) is 5.32 Å². The van der Waals surface area contributed by atoms with Crippen LogP contribution in [0.2, 0.25) is 0 Å². The van der Waals surface area contributed by atoms with Crippen LogP contribution in [-0.2, 0) is 10.2 Å². The van der Waals surface area contributed by atoms with Crippen LogP contribution in [0.3, 0.4) is 0 Å². The van der Waals surface area contributed by atoms with Crippen LogP contribution < -0.4 is 5.32 Å². The Labute approximate surface area is 114 Å². The quantitative estimate of drug-likeness (QED) is 0.815. The first-order valence-corrected chi connectivity index (χ1v) is 6.93. The number of carbonyl (C=O) groups is 1. The Morgan fingerprint density at radius 3 is 2.56 bits per heavy atom. The molecule has 0 radical (unpaired) electrons. The Hall–Kier alpha value is -1.02. The molecule has 98 valence electrons. The zero-order chi connectivity index (χ0) is 13.2. The molecule has 0 aliphatic heterocycles. The fourth-order valence-electron chi connectivity index (χ4n) is 2.02. The van der Waals surface area contributed by atoms with E-state index >= 15 is 0 Å². The summed E-state index contributed by atoms with van der Waals surface area (Å²) in [5.74, 6) is 0.645. The van der Waals surface area contributed by atoms with E-state index in [0.717, 1.165) is 5.56 Å². The maximum atomic E-state index is 12.2. The molecular formula is C15H20ClNO. The van der Waals surface area contributed by atoms with E-state index in [-0.39, 0.29) is 11.3 Å². The molecule has 1 fully saturated rings. The van der Waals surface area contributed by atoms with Gasteiger partial charge in [-0.1, -0.05) is 30.3 Å². The van der Waals surface area contributed by atoms with Crippen molar-refractivity contribution in [1.29, 1.82) is 0 Å². The van der Waals surface area contributed by atoms with Gasteiger partial charge in [0, 0.05) is 6.54 Å². The highest BCUT2D eigenvalue weighted by Gasteiger charge is 2.33. The number of halogens is 1. The fraction of sp³-hybridized carbons (Fsp3) is 0.533. The lowest BCUT2D eigenvalue weighted by molar-refractivity contribution is -0.125. The Morgan fingerprint density at radius 2 is 2.00 bits per heavy atom. The minimum absolute atomic E-state index is 0.0417. The van der Waals surface area contributed by atoms with Gasteiger partial charge in [0.25, 0.3) is 0 Å². The molecule has 0 spiro atoms. The summed E-state index contributed by atoms with van der Waals surface area (Å²) in [6, 6.07) is 9.84. The molecule has 1 saturated carbocycles. The predicted octanol–water partition coefficient (Wildman–Crippen LogP) is 3.10. The third kappa shape index (κ3) is 3.05. The van der Waals surface area contributed by atoms with E-state index in [0.29, 0.717) is 12.5 Å². The molecule has 0 heterocycles. The van der Waals surface area contributed by atoms with Crippen molar-refractivity contribution < 1.29 is 4.79 Å². The summed E-state index contributed by atoms with van der Waals surface area (Å²) < 4.78 is 0. The molecule has 0 saturated heterocycles. The first-order chi connectivity index (χ1) is 8.51. The normalized spacial score (nSPS) is 17.3. The zero-order valence-electron chi connectivity index (χ0n) is 10.9. The summed E-state index contributed by atoms with van der Waals surface area (Å²) in [6.07, 6.45) is 2.40. The van der Waals surface area contributed by atoms with E-state index < -0.39 is 5.41 Å². The smallest absolute Gasteiger partial charge is 0.230 e. The Bertz CT molecular complexity index is 412. The zero-order valence-corrected chi connectivity index (χ0v) is 11.7. The minimum atomic E-state index is -0.512. The van der Waals surface area contributed by atoms with Crippen molar-refractivity contribution in [1.82, 2.24) is 5.32 Å². The molecular weight excluding hydrogens is 246 g/mol. The van der Waals surface area contributed by atoms with Crippen molar-refractivity contribution in [3.05, 3.63) is 35.9 Å². The van der Waals surface area contributed by atoms with Crippen LogP contribution in [0, 0.1) is 5.92 Å². The van der Waals surface area contributed by atoms with Gasteiger partial charge in [-0.3, -0.25) is 4.79 Å². The SMILES string of the molecule is CC(C)(C(=O)NCC(Cl)C1CC1)c1ccccc1. The first kappa shape index (κ1) is 13.4. The first-order valence-electron chi connectivity index (χ1n) is 6.49. The maximum absolute atomic E-state index is 12.2. The number of nitrogens with one attached hydrogen (secondary N) is 1. The van der Waals surface area contributed by atoms with Gasteiger partial charge in [-0.15, -0.1) is 11.6 Å². The van der Waals surface area contributed by atoms with E-state index in [9.17, 15) is 4.79 Å². The number of hydrogen-bond donors (Lipinski definition) is 1. The predicted molar refractivity (Wildman–Crippen MR) is 74.8 cm³/mol.